The van der Waals surface area contributed by atoms with Crippen LogP contribution in [0.15, 0.2) is 60.7 Å². The van der Waals surface area contributed by atoms with Crippen LogP contribution in [-0.2, 0) is 11.0 Å². The van der Waals surface area contributed by atoms with Crippen LogP contribution in [0.3, 0.4) is 0 Å². The lowest BCUT2D eigenvalue weighted by Crippen LogP contribution is -2.25. The molecule has 0 saturated carbocycles. The molecular formula is C25H24F3NO4S. The van der Waals surface area contributed by atoms with Crippen LogP contribution >= 0.6 is 11.3 Å². The normalized spacial score (nSPS) is 12.2. The second kappa shape index (κ2) is 11.2. The minimum atomic E-state index is -4.37. The number of carbonyl (C=O) groups excluding carboxylic acids is 1. The molecule has 0 unspecified atom stereocenters. The number of alkyl halides is 3. The molecule has 1 aromatic heterocycles. The lowest BCUT2D eigenvalue weighted by atomic mass is 10.0. The highest BCUT2D eigenvalue weighted by Gasteiger charge is 2.30. The largest absolute Gasteiger partial charge is 0.485 e. The van der Waals surface area contributed by atoms with Gasteiger partial charge in [0.2, 0.25) is 0 Å². The first-order valence-electron chi connectivity index (χ1n) is 10.7. The Hall–Kier alpha value is -3.33. The summed E-state index contributed by atoms with van der Waals surface area (Å²) < 4.78 is 44.5. The number of halogens is 3. The first kappa shape index (κ1) is 25.3. The summed E-state index contributed by atoms with van der Waals surface area (Å²) in [6, 6.07) is 15.6. The Morgan fingerprint density at radius 2 is 1.62 bits per heavy atom. The molecule has 34 heavy (non-hydrogen) atoms. The van der Waals surface area contributed by atoms with E-state index in [0.29, 0.717) is 16.2 Å². The molecule has 2 N–H and O–H groups in total. The Balaban J connectivity index is 1.67. The molecule has 3 rings (SSSR count). The van der Waals surface area contributed by atoms with E-state index in [1.807, 2.05) is 13.0 Å². The first-order valence-corrected chi connectivity index (χ1v) is 11.5. The zero-order valence-corrected chi connectivity index (χ0v) is 19.2. The van der Waals surface area contributed by atoms with E-state index in [1.54, 1.807) is 30.3 Å². The van der Waals surface area contributed by atoms with E-state index in [2.05, 4.69) is 5.32 Å². The quantitative estimate of drug-likeness (QED) is 0.337. The van der Waals surface area contributed by atoms with E-state index in [-0.39, 0.29) is 25.0 Å². The summed E-state index contributed by atoms with van der Waals surface area (Å²) in [5.74, 6) is -0.698. The second-order valence-electron chi connectivity index (χ2n) is 7.60. The van der Waals surface area contributed by atoms with E-state index < -0.39 is 17.7 Å². The molecule has 0 aliphatic heterocycles. The molecule has 2 aromatic carbocycles. The number of hydrogen-bond acceptors (Lipinski definition) is 4. The molecular weight excluding hydrogens is 467 g/mol. The highest BCUT2D eigenvalue weighted by molar-refractivity contribution is 7.14. The number of rotatable bonds is 10. The van der Waals surface area contributed by atoms with E-state index in [4.69, 9.17) is 9.84 Å². The lowest BCUT2D eigenvalue weighted by molar-refractivity contribution is -0.138. The summed E-state index contributed by atoms with van der Waals surface area (Å²) in [6.07, 6.45) is -3.21. The molecule has 3 aromatic rings. The van der Waals surface area contributed by atoms with Gasteiger partial charge in [-0.2, -0.15) is 13.2 Å². The van der Waals surface area contributed by atoms with Crippen molar-refractivity contribution in [3.63, 3.8) is 0 Å². The van der Waals surface area contributed by atoms with Gasteiger partial charge in [-0.25, -0.2) is 0 Å². The van der Waals surface area contributed by atoms with Crippen LogP contribution in [-0.4, -0.2) is 23.5 Å². The molecule has 0 spiro atoms. The van der Waals surface area contributed by atoms with Crippen molar-refractivity contribution in [3.8, 4) is 16.9 Å². The van der Waals surface area contributed by atoms with Gasteiger partial charge in [-0.15, -0.1) is 11.3 Å². The number of aliphatic carboxylic acids is 1. The summed E-state index contributed by atoms with van der Waals surface area (Å²) >= 11 is 1.29. The minimum absolute atomic E-state index is 0.0571. The number of amides is 1. The molecule has 5 nitrogen and oxygen atoms in total. The predicted octanol–water partition coefficient (Wildman–Crippen LogP) is 6.56. The molecule has 0 aliphatic carbocycles. The maximum atomic E-state index is 12.8. The lowest BCUT2D eigenvalue weighted by Gasteiger charge is -2.18. The Labute approximate surface area is 199 Å². The molecule has 0 radical (unpaired) electrons. The van der Waals surface area contributed by atoms with Crippen LogP contribution in [0.2, 0.25) is 0 Å². The van der Waals surface area contributed by atoms with E-state index in [9.17, 15) is 22.8 Å². The van der Waals surface area contributed by atoms with E-state index in [1.165, 1.54) is 23.5 Å². The van der Waals surface area contributed by atoms with Gasteiger partial charge in [0.1, 0.15) is 11.9 Å². The predicted molar refractivity (Wildman–Crippen MR) is 124 cm³/mol. The topological polar surface area (TPSA) is 75.6 Å². The van der Waals surface area contributed by atoms with Gasteiger partial charge in [0.15, 0.2) is 0 Å². The fourth-order valence-corrected chi connectivity index (χ4v) is 4.27. The van der Waals surface area contributed by atoms with E-state index in [0.717, 1.165) is 35.4 Å². The third-order valence-electron chi connectivity index (χ3n) is 5.02. The fourth-order valence-electron chi connectivity index (χ4n) is 3.28. The number of benzene rings is 2. The smallest absolute Gasteiger partial charge is 0.416 e. The number of carboxylic acids is 1. The summed E-state index contributed by atoms with van der Waals surface area (Å²) in [5.41, 5.74) is 0.746. The SMILES string of the molecule is CCC[C@@H](Oc1ccc(-c2ccc(C(F)(F)F)cc2)cc1)c1ccc(C(=O)NCCC(=O)O)s1. The average Bonchev–Trinajstić information content (AvgIpc) is 3.29. The number of ether oxygens (including phenoxy) is 1. The third-order valence-corrected chi connectivity index (χ3v) is 6.20. The maximum Gasteiger partial charge on any atom is 0.416 e. The number of nitrogens with one attached hydrogen (secondary N) is 1. The third kappa shape index (κ3) is 6.84. The Bertz CT molecular complexity index is 1110. The average molecular weight is 492 g/mol. The van der Waals surface area contributed by atoms with Crippen molar-refractivity contribution in [2.45, 2.75) is 38.5 Å². The van der Waals surface area contributed by atoms with Crippen molar-refractivity contribution in [1.82, 2.24) is 5.32 Å². The molecule has 0 bridgehead atoms. The summed E-state index contributed by atoms with van der Waals surface area (Å²) in [5, 5.41) is 11.3. The van der Waals surface area contributed by atoms with Crippen LogP contribution in [0.5, 0.6) is 5.75 Å². The molecule has 1 heterocycles. The van der Waals surface area contributed by atoms with Crippen molar-refractivity contribution in [3.05, 3.63) is 76.0 Å². The summed E-state index contributed by atoms with van der Waals surface area (Å²) in [7, 11) is 0. The fraction of sp³-hybridized carbons (Fsp3) is 0.280. The number of carboxylic acid groups (broad SMARTS) is 1. The Kier molecular flexibility index (Phi) is 8.33. The van der Waals surface area contributed by atoms with Gasteiger partial charge in [-0.3, -0.25) is 9.59 Å². The van der Waals surface area contributed by atoms with Crippen molar-refractivity contribution < 1.29 is 32.6 Å². The maximum absolute atomic E-state index is 12.8. The molecule has 180 valence electrons. The van der Waals surface area contributed by atoms with Gasteiger partial charge >= 0.3 is 12.1 Å². The molecule has 1 atom stereocenters. The highest BCUT2D eigenvalue weighted by atomic mass is 32.1. The zero-order valence-electron chi connectivity index (χ0n) is 18.4. The monoisotopic (exact) mass is 491 g/mol. The van der Waals surface area contributed by atoms with Crippen molar-refractivity contribution in [1.29, 1.82) is 0 Å². The highest BCUT2D eigenvalue weighted by Crippen LogP contribution is 2.33. The number of hydrogen-bond donors (Lipinski definition) is 2. The van der Waals surface area contributed by atoms with Crippen LogP contribution in [0, 0.1) is 0 Å². The van der Waals surface area contributed by atoms with Gasteiger partial charge < -0.3 is 15.2 Å². The van der Waals surface area contributed by atoms with Crippen LogP contribution in [0.25, 0.3) is 11.1 Å². The van der Waals surface area contributed by atoms with Crippen molar-refractivity contribution >= 4 is 23.2 Å². The van der Waals surface area contributed by atoms with Crippen LogP contribution in [0.4, 0.5) is 13.2 Å². The summed E-state index contributed by atoms with van der Waals surface area (Å²) in [4.78, 5) is 24.2. The summed E-state index contributed by atoms with van der Waals surface area (Å²) in [6.45, 7) is 2.08. The Morgan fingerprint density at radius 1 is 1.00 bits per heavy atom. The second-order valence-corrected chi connectivity index (χ2v) is 8.71. The standard InChI is InChI=1S/C25H24F3NO4S/c1-2-3-20(21-12-13-22(34-21)24(32)29-15-14-23(30)31)33-19-10-6-17(7-11-19)16-4-8-18(9-5-16)25(26,27)28/h4-13,20H,2-3,14-15H2,1H3,(H,29,32)(H,30,31)/t20-/m1/s1. The molecule has 9 heteroatoms. The van der Waals surface area contributed by atoms with Gasteiger partial charge in [0.05, 0.1) is 16.9 Å². The van der Waals surface area contributed by atoms with Gasteiger partial charge in [0, 0.05) is 11.4 Å². The first-order chi connectivity index (χ1) is 16.2. The zero-order chi connectivity index (χ0) is 24.7. The van der Waals surface area contributed by atoms with Crippen LogP contribution in [0.1, 0.15) is 52.4 Å². The van der Waals surface area contributed by atoms with Gasteiger partial charge in [-0.05, 0) is 53.9 Å². The van der Waals surface area contributed by atoms with Gasteiger partial charge in [0.25, 0.3) is 5.91 Å². The van der Waals surface area contributed by atoms with E-state index >= 15 is 0 Å². The molecule has 0 saturated heterocycles. The van der Waals surface area contributed by atoms with Gasteiger partial charge in [-0.1, -0.05) is 37.6 Å². The number of carbonyl (C=O) groups is 2. The van der Waals surface area contributed by atoms with Crippen LogP contribution < -0.4 is 10.1 Å². The molecule has 1 amide bonds. The molecule has 0 aliphatic rings. The van der Waals surface area contributed by atoms with Crippen molar-refractivity contribution in [2.75, 3.05) is 6.54 Å². The number of thiophene rings is 1. The van der Waals surface area contributed by atoms with Crippen molar-refractivity contribution in [2.24, 2.45) is 0 Å². The Morgan fingerprint density at radius 3 is 2.18 bits per heavy atom. The molecule has 0 fully saturated rings. The minimum Gasteiger partial charge on any atom is -0.485 e.